The Labute approximate surface area is 131 Å². The highest BCUT2D eigenvalue weighted by atomic mass is 16.5. The molecule has 0 aliphatic heterocycles. The lowest BCUT2D eigenvalue weighted by atomic mass is 10.0. The van der Waals surface area contributed by atoms with Crippen molar-refractivity contribution in [3.8, 4) is 5.75 Å². The molecule has 0 spiro atoms. The van der Waals surface area contributed by atoms with Gasteiger partial charge in [0.1, 0.15) is 5.75 Å². The quantitative estimate of drug-likeness (QED) is 0.826. The van der Waals surface area contributed by atoms with Gasteiger partial charge in [0.15, 0.2) is 0 Å². The van der Waals surface area contributed by atoms with E-state index in [0.29, 0.717) is 17.4 Å². The number of carbonyl (C=O) groups is 1. The molecule has 3 nitrogen and oxygen atoms in total. The fraction of sp³-hybridized carbons (Fsp3) is 0.211. The summed E-state index contributed by atoms with van der Waals surface area (Å²) in [5.74, 6) is 1.06. The maximum Gasteiger partial charge on any atom is 0.248 e. The van der Waals surface area contributed by atoms with E-state index in [9.17, 15) is 4.79 Å². The smallest absolute Gasteiger partial charge is 0.248 e. The summed E-state index contributed by atoms with van der Waals surface area (Å²) in [6.07, 6.45) is 3.34. The van der Waals surface area contributed by atoms with Crippen molar-refractivity contribution in [3.63, 3.8) is 0 Å². The first-order valence-electron chi connectivity index (χ1n) is 7.31. The molecular formula is C19H21NO2. The van der Waals surface area contributed by atoms with Gasteiger partial charge in [0, 0.05) is 17.8 Å². The zero-order valence-electron chi connectivity index (χ0n) is 13.2. The molecule has 0 radical (unpaired) electrons. The number of hydrogen-bond acceptors (Lipinski definition) is 2. The maximum atomic E-state index is 11.9. The van der Waals surface area contributed by atoms with E-state index in [0.717, 1.165) is 5.56 Å². The Morgan fingerprint density at radius 2 is 1.86 bits per heavy atom. The predicted octanol–water partition coefficient (Wildman–Crippen LogP) is 4.47. The summed E-state index contributed by atoms with van der Waals surface area (Å²) in [5, 5.41) is 2.81. The average molecular weight is 295 g/mol. The van der Waals surface area contributed by atoms with Crippen molar-refractivity contribution < 1.29 is 9.53 Å². The molecule has 0 bridgehead atoms. The fourth-order valence-electron chi connectivity index (χ4n) is 2.05. The Hall–Kier alpha value is -2.55. The van der Waals surface area contributed by atoms with Crippen LogP contribution in [0.25, 0.3) is 6.08 Å². The first kappa shape index (κ1) is 15.8. The van der Waals surface area contributed by atoms with Crippen molar-refractivity contribution >= 4 is 17.7 Å². The number of hydrogen-bond donors (Lipinski definition) is 1. The number of rotatable bonds is 5. The standard InChI is InChI=1S/C19H21NO2/c1-14(2)16-10-7-15(8-11-16)9-12-19(21)20-17-5-4-6-18(13-17)22-3/h4-14H,1-3H3,(H,20,21)/b12-9+. The summed E-state index contributed by atoms with van der Waals surface area (Å²) in [5.41, 5.74) is 3.01. The van der Waals surface area contributed by atoms with Crippen LogP contribution >= 0.6 is 0 Å². The zero-order valence-corrected chi connectivity index (χ0v) is 13.2. The Balaban J connectivity index is 1.98. The molecule has 0 aromatic heterocycles. The number of anilines is 1. The molecule has 22 heavy (non-hydrogen) atoms. The van der Waals surface area contributed by atoms with Crippen LogP contribution in [0, 0.1) is 0 Å². The first-order valence-corrected chi connectivity index (χ1v) is 7.31. The van der Waals surface area contributed by atoms with Gasteiger partial charge in [-0.15, -0.1) is 0 Å². The Morgan fingerprint density at radius 1 is 1.14 bits per heavy atom. The van der Waals surface area contributed by atoms with Crippen molar-refractivity contribution in [2.45, 2.75) is 19.8 Å². The van der Waals surface area contributed by atoms with E-state index >= 15 is 0 Å². The monoisotopic (exact) mass is 295 g/mol. The molecule has 0 saturated carbocycles. The molecule has 0 heterocycles. The molecular weight excluding hydrogens is 274 g/mol. The van der Waals surface area contributed by atoms with E-state index < -0.39 is 0 Å². The van der Waals surface area contributed by atoms with Crippen LogP contribution < -0.4 is 10.1 Å². The third-order valence-electron chi connectivity index (χ3n) is 3.37. The lowest BCUT2D eigenvalue weighted by Crippen LogP contribution is -2.07. The molecule has 0 fully saturated rings. The normalized spacial score (nSPS) is 10.9. The van der Waals surface area contributed by atoms with Crippen molar-refractivity contribution in [2.75, 3.05) is 12.4 Å². The second-order valence-electron chi connectivity index (χ2n) is 5.38. The van der Waals surface area contributed by atoms with Crippen molar-refractivity contribution in [3.05, 3.63) is 65.7 Å². The Morgan fingerprint density at radius 3 is 2.50 bits per heavy atom. The van der Waals surface area contributed by atoms with Crippen LogP contribution in [0.2, 0.25) is 0 Å². The van der Waals surface area contributed by atoms with E-state index in [4.69, 9.17) is 4.74 Å². The summed E-state index contributed by atoms with van der Waals surface area (Å²) in [4.78, 5) is 11.9. The van der Waals surface area contributed by atoms with Gasteiger partial charge in [-0.1, -0.05) is 44.2 Å². The van der Waals surface area contributed by atoms with E-state index in [1.165, 1.54) is 11.6 Å². The number of carbonyl (C=O) groups excluding carboxylic acids is 1. The van der Waals surface area contributed by atoms with Gasteiger partial charge in [-0.25, -0.2) is 0 Å². The van der Waals surface area contributed by atoms with Crippen LogP contribution in [-0.2, 0) is 4.79 Å². The highest BCUT2D eigenvalue weighted by Crippen LogP contribution is 2.17. The average Bonchev–Trinajstić information content (AvgIpc) is 2.53. The molecule has 0 aliphatic carbocycles. The number of ether oxygens (including phenoxy) is 1. The van der Waals surface area contributed by atoms with Crippen LogP contribution in [0.1, 0.15) is 30.9 Å². The van der Waals surface area contributed by atoms with Gasteiger partial charge in [0.05, 0.1) is 7.11 Å². The highest BCUT2D eigenvalue weighted by Gasteiger charge is 2.00. The molecule has 3 heteroatoms. The summed E-state index contributed by atoms with van der Waals surface area (Å²) in [6, 6.07) is 15.5. The topological polar surface area (TPSA) is 38.3 Å². The first-order chi connectivity index (χ1) is 10.6. The van der Waals surface area contributed by atoms with Crippen LogP contribution in [0.4, 0.5) is 5.69 Å². The summed E-state index contributed by atoms with van der Waals surface area (Å²) >= 11 is 0. The molecule has 0 saturated heterocycles. The van der Waals surface area contributed by atoms with Crippen LogP contribution in [0.5, 0.6) is 5.75 Å². The number of nitrogens with one attached hydrogen (secondary N) is 1. The Bertz CT molecular complexity index is 657. The van der Waals surface area contributed by atoms with Crippen molar-refractivity contribution in [2.24, 2.45) is 0 Å². The molecule has 1 amide bonds. The van der Waals surface area contributed by atoms with Crippen LogP contribution in [-0.4, -0.2) is 13.0 Å². The fourth-order valence-corrected chi connectivity index (χ4v) is 2.05. The lowest BCUT2D eigenvalue weighted by molar-refractivity contribution is -0.111. The van der Waals surface area contributed by atoms with E-state index in [-0.39, 0.29) is 5.91 Å². The number of methoxy groups -OCH3 is 1. The Kier molecular flexibility index (Phi) is 5.37. The van der Waals surface area contributed by atoms with E-state index in [1.807, 2.05) is 30.3 Å². The second kappa shape index (κ2) is 7.46. The van der Waals surface area contributed by atoms with E-state index in [2.05, 4.69) is 31.3 Å². The lowest BCUT2D eigenvalue weighted by Gasteiger charge is -2.05. The number of amides is 1. The van der Waals surface area contributed by atoms with Crippen LogP contribution in [0.15, 0.2) is 54.6 Å². The maximum absolute atomic E-state index is 11.9. The number of benzene rings is 2. The van der Waals surface area contributed by atoms with Gasteiger partial charge in [0.2, 0.25) is 5.91 Å². The molecule has 0 atom stereocenters. The summed E-state index contributed by atoms with van der Waals surface area (Å²) < 4.78 is 5.13. The van der Waals surface area contributed by atoms with E-state index in [1.54, 1.807) is 19.3 Å². The third kappa shape index (κ3) is 4.48. The molecule has 2 aromatic carbocycles. The van der Waals surface area contributed by atoms with Crippen molar-refractivity contribution in [1.29, 1.82) is 0 Å². The van der Waals surface area contributed by atoms with Gasteiger partial charge in [-0.3, -0.25) is 4.79 Å². The van der Waals surface area contributed by atoms with Gasteiger partial charge in [0.25, 0.3) is 0 Å². The minimum Gasteiger partial charge on any atom is -0.497 e. The van der Waals surface area contributed by atoms with Gasteiger partial charge < -0.3 is 10.1 Å². The predicted molar refractivity (Wildman–Crippen MR) is 91.2 cm³/mol. The van der Waals surface area contributed by atoms with Crippen molar-refractivity contribution in [1.82, 2.24) is 0 Å². The molecule has 1 N–H and O–H groups in total. The zero-order chi connectivity index (χ0) is 15.9. The van der Waals surface area contributed by atoms with Gasteiger partial charge in [-0.05, 0) is 35.3 Å². The summed E-state index contributed by atoms with van der Waals surface area (Å²) in [7, 11) is 1.60. The minimum atomic E-state index is -0.166. The van der Waals surface area contributed by atoms with Gasteiger partial charge >= 0.3 is 0 Å². The molecule has 114 valence electrons. The summed E-state index contributed by atoms with van der Waals surface area (Å²) in [6.45, 7) is 4.32. The largest absolute Gasteiger partial charge is 0.497 e. The molecule has 0 aliphatic rings. The van der Waals surface area contributed by atoms with Gasteiger partial charge in [-0.2, -0.15) is 0 Å². The second-order valence-corrected chi connectivity index (χ2v) is 5.38. The molecule has 2 aromatic rings. The molecule has 2 rings (SSSR count). The highest BCUT2D eigenvalue weighted by molar-refractivity contribution is 6.02. The van der Waals surface area contributed by atoms with Crippen LogP contribution in [0.3, 0.4) is 0 Å². The third-order valence-corrected chi connectivity index (χ3v) is 3.37. The minimum absolute atomic E-state index is 0.166. The SMILES string of the molecule is COc1cccc(NC(=O)/C=C/c2ccc(C(C)C)cc2)c1. The molecule has 0 unspecified atom stereocenters.